The van der Waals surface area contributed by atoms with Crippen LogP contribution in [-0.4, -0.2) is 36.9 Å². The van der Waals surface area contributed by atoms with Gasteiger partial charge in [0.2, 0.25) is 0 Å². The molecule has 0 saturated heterocycles. The topological polar surface area (TPSA) is 72.8 Å². The maximum atomic E-state index is 11.8. The molecule has 0 heterocycles. The van der Waals surface area contributed by atoms with Crippen molar-refractivity contribution in [2.75, 3.05) is 19.8 Å². The highest BCUT2D eigenvalue weighted by Crippen LogP contribution is 2.29. The van der Waals surface area contributed by atoms with Crippen molar-refractivity contribution >= 4 is 11.9 Å². The Morgan fingerprint density at radius 1 is 1.18 bits per heavy atom. The number of aliphatic hydroxyl groups excluding tert-OH is 1. The first kappa shape index (κ1) is 15.9. The summed E-state index contributed by atoms with van der Waals surface area (Å²) in [6.07, 6.45) is 0.209. The second-order valence-electron chi connectivity index (χ2n) is 4.26. The average molecular weight is 246 g/mol. The molecule has 0 saturated carbocycles. The van der Waals surface area contributed by atoms with Gasteiger partial charge in [-0.05, 0) is 33.1 Å². The molecule has 0 spiro atoms. The SMILES string of the molecule is CCOC(=O)C(C)(CC(C)CO)C(=O)OCC. The predicted molar refractivity (Wildman–Crippen MR) is 62.2 cm³/mol. The highest BCUT2D eigenvalue weighted by Gasteiger charge is 2.45. The maximum Gasteiger partial charge on any atom is 0.323 e. The van der Waals surface area contributed by atoms with Crippen LogP contribution in [0.15, 0.2) is 0 Å². The van der Waals surface area contributed by atoms with Crippen molar-refractivity contribution in [1.29, 1.82) is 0 Å². The first-order chi connectivity index (χ1) is 7.92. The van der Waals surface area contributed by atoms with Crippen LogP contribution in [0.2, 0.25) is 0 Å². The average Bonchev–Trinajstić information content (AvgIpc) is 2.29. The number of carbonyl (C=O) groups is 2. The van der Waals surface area contributed by atoms with Crippen LogP contribution >= 0.6 is 0 Å². The van der Waals surface area contributed by atoms with Gasteiger partial charge in [-0.2, -0.15) is 0 Å². The minimum Gasteiger partial charge on any atom is -0.465 e. The molecule has 1 unspecified atom stereocenters. The summed E-state index contributed by atoms with van der Waals surface area (Å²) < 4.78 is 9.80. The molecule has 0 aliphatic carbocycles. The molecule has 1 atom stereocenters. The molecule has 5 heteroatoms. The van der Waals surface area contributed by atoms with Gasteiger partial charge in [0.05, 0.1) is 13.2 Å². The third kappa shape index (κ3) is 4.34. The quantitative estimate of drug-likeness (QED) is 0.538. The Bertz CT molecular complexity index is 244. The van der Waals surface area contributed by atoms with E-state index in [1.807, 2.05) is 0 Å². The van der Waals surface area contributed by atoms with E-state index < -0.39 is 17.4 Å². The largest absolute Gasteiger partial charge is 0.465 e. The molecular formula is C12H22O5. The Morgan fingerprint density at radius 2 is 1.59 bits per heavy atom. The molecule has 0 radical (unpaired) electrons. The number of aliphatic hydroxyl groups is 1. The van der Waals surface area contributed by atoms with E-state index in [-0.39, 0.29) is 32.2 Å². The lowest BCUT2D eigenvalue weighted by molar-refractivity contribution is -0.172. The smallest absolute Gasteiger partial charge is 0.323 e. The maximum absolute atomic E-state index is 11.8. The molecule has 0 aliphatic rings. The van der Waals surface area contributed by atoms with Crippen LogP contribution in [0.3, 0.4) is 0 Å². The summed E-state index contributed by atoms with van der Waals surface area (Å²) in [5.41, 5.74) is -1.34. The van der Waals surface area contributed by atoms with Crippen LogP contribution in [0.25, 0.3) is 0 Å². The van der Waals surface area contributed by atoms with Crippen molar-refractivity contribution in [1.82, 2.24) is 0 Å². The van der Waals surface area contributed by atoms with Crippen LogP contribution in [0.5, 0.6) is 0 Å². The van der Waals surface area contributed by atoms with E-state index in [0.717, 1.165) is 0 Å². The van der Waals surface area contributed by atoms with Crippen molar-refractivity contribution in [3.63, 3.8) is 0 Å². The summed E-state index contributed by atoms with van der Waals surface area (Å²) in [5.74, 6) is -1.37. The molecule has 0 amide bonds. The Morgan fingerprint density at radius 3 is 1.88 bits per heavy atom. The fourth-order valence-electron chi connectivity index (χ4n) is 1.59. The molecule has 5 nitrogen and oxygen atoms in total. The molecule has 0 bridgehead atoms. The van der Waals surface area contributed by atoms with Gasteiger partial charge in [0.1, 0.15) is 0 Å². The number of carbonyl (C=O) groups excluding carboxylic acids is 2. The Kier molecular flexibility index (Phi) is 6.80. The molecule has 1 N–H and O–H groups in total. The highest BCUT2D eigenvalue weighted by atomic mass is 16.6. The van der Waals surface area contributed by atoms with E-state index in [2.05, 4.69) is 0 Å². The van der Waals surface area contributed by atoms with Gasteiger partial charge in [0, 0.05) is 6.61 Å². The van der Waals surface area contributed by atoms with Gasteiger partial charge in [0.15, 0.2) is 5.41 Å². The summed E-state index contributed by atoms with van der Waals surface area (Å²) in [7, 11) is 0. The van der Waals surface area contributed by atoms with E-state index in [4.69, 9.17) is 14.6 Å². The molecular weight excluding hydrogens is 224 g/mol. The number of esters is 2. The highest BCUT2D eigenvalue weighted by molar-refractivity contribution is 5.99. The van der Waals surface area contributed by atoms with Crippen molar-refractivity contribution in [2.45, 2.75) is 34.1 Å². The van der Waals surface area contributed by atoms with Gasteiger partial charge in [0.25, 0.3) is 0 Å². The van der Waals surface area contributed by atoms with E-state index in [1.54, 1.807) is 20.8 Å². The molecule has 0 aromatic heterocycles. The molecule has 0 fully saturated rings. The third-order valence-corrected chi connectivity index (χ3v) is 2.52. The first-order valence-corrected chi connectivity index (χ1v) is 5.87. The molecule has 0 aromatic rings. The number of rotatable bonds is 7. The fraction of sp³-hybridized carbons (Fsp3) is 0.833. The number of hydrogen-bond donors (Lipinski definition) is 1. The molecule has 0 rings (SSSR count). The minimum absolute atomic E-state index is 0.0889. The summed E-state index contributed by atoms with van der Waals surface area (Å²) in [4.78, 5) is 23.7. The number of ether oxygens (including phenoxy) is 2. The summed E-state index contributed by atoms with van der Waals surface area (Å²) in [6.45, 7) is 6.95. The van der Waals surface area contributed by atoms with Crippen LogP contribution in [0, 0.1) is 11.3 Å². The van der Waals surface area contributed by atoms with Crippen molar-refractivity contribution in [3.8, 4) is 0 Å². The van der Waals surface area contributed by atoms with Crippen molar-refractivity contribution in [2.24, 2.45) is 11.3 Å². The Balaban J connectivity index is 4.91. The minimum atomic E-state index is -1.34. The molecule has 17 heavy (non-hydrogen) atoms. The van der Waals surface area contributed by atoms with Gasteiger partial charge in [-0.3, -0.25) is 9.59 Å². The van der Waals surface area contributed by atoms with Gasteiger partial charge < -0.3 is 14.6 Å². The normalized spacial score (nSPS) is 13.0. The zero-order valence-corrected chi connectivity index (χ0v) is 11.0. The summed E-state index contributed by atoms with van der Waals surface area (Å²) in [6, 6.07) is 0. The molecule has 100 valence electrons. The lowest BCUT2D eigenvalue weighted by Crippen LogP contribution is -2.41. The van der Waals surface area contributed by atoms with E-state index in [0.29, 0.717) is 0 Å². The monoisotopic (exact) mass is 246 g/mol. The summed E-state index contributed by atoms with van der Waals surface area (Å²) >= 11 is 0. The zero-order valence-electron chi connectivity index (χ0n) is 11.0. The lowest BCUT2D eigenvalue weighted by Gasteiger charge is -2.27. The first-order valence-electron chi connectivity index (χ1n) is 5.87. The van der Waals surface area contributed by atoms with E-state index >= 15 is 0 Å². The Labute approximate surface area is 102 Å². The lowest BCUT2D eigenvalue weighted by atomic mass is 9.81. The van der Waals surface area contributed by atoms with E-state index in [1.165, 1.54) is 6.92 Å². The third-order valence-electron chi connectivity index (χ3n) is 2.52. The van der Waals surface area contributed by atoms with Gasteiger partial charge in [-0.15, -0.1) is 0 Å². The second kappa shape index (κ2) is 7.27. The number of hydrogen-bond acceptors (Lipinski definition) is 5. The van der Waals surface area contributed by atoms with Crippen LogP contribution in [0.4, 0.5) is 0 Å². The van der Waals surface area contributed by atoms with Crippen LogP contribution in [0.1, 0.15) is 34.1 Å². The fourth-order valence-corrected chi connectivity index (χ4v) is 1.59. The van der Waals surface area contributed by atoms with Crippen LogP contribution < -0.4 is 0 Å². The van der Waals surface area contributed by atoms with E-state index in [9.17, 15) is 9.59 Å². The predicted octanol–water partition coefficient (Wildman–Crippen LogP) is 1.14. The molecule has 0 aliphatic heterocycles. The van der Waals surface area contributed by atoms with Crippen LogP contribution in [-0.2, 0) is 19.1 Å². The van der Waals surface area contributed by atoms with Crippen molar-refractivity contribution < 1.29 is 24.2 Å². The van der Waals surface area contributed by atoms with Gasteiger partial charge >= 0.3 is 11.9 Å². The second-order valence-corrected chi connectivity index (χ2v) is 4.26. The van der Waals surface area contributed by atoms with Gasteiger partial charge in [-0.25, -0.2) is 0 Å². The standard InChI is InChI=1S/C12H22O5/c1-5-16-10(14)12(4,7-9(3)8-13)11(15)17-6-2/h9,13H,5-8H2,1-4H3. The summed E-state index contributed by atoms with van der Waals surface area (Å²) in [5, 5.41) is 9.02. The molecule has 0 aromatic carbocycles. The zero-order chi connectivity index (χ0) is 13.5. The Hall–Kier alpha value is -1.10. The van der Waals surface area contributed by atoms with Crippen molar-refractivity contribution in [3.05, 3.63) is 0 Å². The van der Waals surface area contributed by atoms with Gasteiger partial charge in [-0.1, -0.05) is 6.92 Å².